The van der Waals surface area contributed by atoms with E-state index in [0.29, 0.717) is 5.69 Å². The molecule has 0 bridgehead atoms. The van der Waals surface area contributed by atoms with Crippen LogP contribution in [0.4, 0.5) is 0 Å². The molecule has 0 amide bonds. The van der Waals surface area contributed by atoms with Gasteiger partial charge in [-0.25, -0.2) is 0 Å². The van der Waals surface area contributed by atoms with Crippen LogP contribution in [0.5, 0.6) is 0 Å². The Morgan fingerprint density at radius 3 is 2.71 bits per heavy atom. The number of aromatic nitrogens is 2. The maximum Gasteiger partial charge on any atom is 0.175 e. The van der Waals surface area contributed by atoms with Gasteiger partial charge in [0.15, 0.2) is 5.43 Å². The molecule has 0 radical (unpaired) electrons. The zero-order chi connectivity index (χ0) is 9.10. The summed E-state index contributed by atoms with van der Waals surface area (Å²) in [6.45, 7) is 0. The van der Waals surface area contributed by atoms with Crippen molar-refractivity contribution in [2.45, 2.75) is 0 Å². The molecule has 2 aromatic rings. The maximum absolute atomic E-state index is 11.0. The molecule has 0 aliphatic heterocycles. The van der Waals surface area contributed by atoms with Crippen molar-refractivity contribution in [1.29, 1.82) is 0 Å². The molecule has 3 nitrogen and oxygen atoms in total. The Balaban J connectivity index is 0.000000980. The van der Waals surface area contributed by atoms with Crippen LogP contribution in [0.1, 0.15) is 0 Å². The quantitative estimate of drug-likeness (QED) is 0.758. The SMILES string of the molecule is O=c1cc[n-]c(-c2ccccn2)c1.[Pt]. The van der Waals surface area contributed by atoms with E-state index in [-0.39, 0.29) is 26.5 Å². The minimum atomic E-state index is -0.0457. The summed E-state index contributed by atoms with van der Waals surface area (Å²) in [6, 6.07) is 8.41. The van der Waals surface area contributed by atoms with Crippen LogP contribution in [0.25, 0.3) is 11.4 Å². The molecule has 0 atom stereocenters. The third-order valence-corrected chi connectivity index (χ3v) is 1.66. The molecule has 2 rings (SSSR count). The van der Waals surface area contributed by atoms with Gasteiger partial charge in [0.05, 0.1) is 0 Å². The standard InChI is InChI=1S/C10H8N2O.Pt/c13-8-4-6-12-10(7-8)9-3-1-2-5-11-9;/h1-7H,(H,12,13);/p-1. The van der Waals surface area contributed by atoms with Gasteiger partial charge >= 0.3 is 0 Å². The van der Waals surface area contributed by atoms with E-state index in [0.717, 1.165) is 5.69 Å². The van der Waals surface area contributed by atoms with Crippen LogP contribution in [0.3, 0.4) is 0 Å². The van der Waals surface area contributed by atoms with Gasteiger partial charge in [0.2, 0.25) is 0 Å². The maximum atomic E-state index is 11.0. The molecule has 2 heterocycles. The molecule has 74 valence electrons. The van der Waals surface area contributed by atoms with E-state index in [4.69, 9.17) is 0 Å². The van der Waals surface area contributed by atoms with E-state index in [2.05, 4.69) is 9.97 Å². The van der Waals surface area contributed by atoms with E-state index < -0.39 is 0 Å². The molecular formula is C10H7N2OPt-. The van der Waals surface area contributed by atoms with Crippen molar-refractivity contribution in [3.63, 3.8) is 0 Å². The van der Waals surface area contributed by atoms with Crippen LogP contribution < -0.4 is 10.4 Å². The first-order chi connectivity index (χ1) is 6.36. The van der Waals surface area contributed by atoms with Gasteiger partial charge in [-0.15, -0.1) is 5.69 Å². The van der Waals surface area contributed by atoms with Crippen LogP contribution in [-0.2, 0) is 21.1 Å². The largest absolute Gasteiger partial charge is 0.662 e. The van der Waals surface area contributed by atoms with E-state index in [1.807, 2.05) is 18.2 Å². The number of pyridine rings is 2. The summed E-state index contributed by atoms with van der Waals surface area (Å²) >= 11 is 0. The summed E-state index contributed by atoms with van der Waals surface area (Å²) in [7, 11) is 0. The van der Waals surface area contributed by atoms with Crippen molar-refractivity contribution in [3.8, 4) is 11.4 Å². The first-order valence-electron chi connectivity index (χ1n) is 3.91. The molecule has 0 aromatic carbocycles. The predicted molar refractivity (Wildman–Crippen MR) is 49.3 cm³/mol. The first kappa shape index (κ1) is 10.9. The van der Waals surface area contributed by atoms with E-state index in [1.54, 1.807) is 6.20 Å². The van der Waals surface area contributed by atoms with Crippen LogP contribution >= 0.6 is 0 Å². The number of rotatable bonds is 1. The van der Waals surface area contributed by atoms with E-state index in [1.165, 1.54) is 18.3 Å². The van der Waals surface area contributed by atoms with Crippen molar-refractivity contribution < 1.29 is 21.1 Å². The molecule has 0 spiro atoms. The monoisotopic (exact) mass is 366 g/mol. The second-order valence-corrected chi connectivity index (χ2v) is 2.59. The van der Waals surface area contributed by atoms with Gasteiger partial charge in [-0.1, -0.05) is 6.07 Å². The topological polar surface area (TPSA) is 44.1 Å². The smallest absolute Gasteiger partial charge is 0.175 e. The van der Waals surface area contributed by atoms with Crippen molar-refractivity contribution in [2.24, 2.45) is 0 Å². The Kier molecular flexibility index (Phi) is 3.78. The fourth-order valence-electron chi connectivity index (χ4n) is 1.07. The van der Waals surface area contributed by atoms with Gasteiger partial charge in [-0.05, 0) is 24.3 Å². The summed E-state index contributed by atoms with van der Waals surface area (Å²) in [5.41, 5.74) is 1.30. The zero-order valence-electron chi connectivity index (χ0n) is 7.16. The molecule has 0 fully saturated rings. The summed E-state index contributed by atoms with van der Waals surface area (Å²) < 4.78 is 0. The second kappa shape index (κ2) is 4.87. The summed E-state index contributed by atoms with van der Waals surface area (Å²) in [5.74, 6) is 0. The normalized spacial score (nSPS) is 9.14. The minimum absolute atomic E-state index is 0. The van der Waals surface area contributed by atoms with Gasteiger partial charge in [0.25, 0.3) is 0 Å². The zero-order valence-corrected chi connectivity index (χ0v) is 9.43. The van der Waals surface area contributed by atoms with Gasteiger partial charge in [-0.3, -0.25) is 9.78 Å². The fourth-order valence-corrected chi connectivity index (χ4v) is 1.07. The molecular weight excluding hydrogens is 359 g/mol. The first-order valence-corrected chi connectivity index (χ1v) is 3.91. The fraction of sp³-hybridized carbons (Fsp3) is 0. The van der Waals surface area contributed by atoms with Crippen molar-refractivity contribution in [2.75, 3.05) is 0 Å². The second-order valence-electron chi connectivity index (χ2n) is 2.59. The van der Waals surface area contributed by atoms with Gasteiger partial charge in [0, 0.05) is 33.0 Å². The third kappa shape index (κ3) is 2.39. The molecule has 14 heavy (non-hydrogen) atoms. The van der Waals surface area contributed by atoms with Crippen molar-refractivity contribution >= 4 is 0 Å². The Labute approximate surface area is 95.5 Å². The Morgan fingerprint density at radius 2 is 2.07 bits per heavy atom. The molecule has 0 unspecified atom stereocenters. The number of hydrogen-bond acceptors (Lipinski definition) is 2. The van der Waals surface area contributed by atoms with E-state index >= 15 is 0 Å². The predicted octanol–water partition coefficient (Wildman–Crippen LogP) is 1.06. The van der Waals surface area contributed by atoms with Crippen molar-refractivity contribution in [3.05, 3.63) is 52.9 Å². The van der Waals surface area contributed by atoms with Crippen LogP contribution in [0.15, 0.2) is 47.5 Å². The van der Waals surface area contributed by atoms with E-state index in [9.17, 15) is 4.79 Å². The van der Waals surface area contributed by atoms with Crippen LogP contribution in [0.2, 0.25) is 0 Å². The molecule has 0 saturated carbocycles. The molecule has 0 N–H and O–H groups in total. The molecule has 0 aliphatic rings. The Hall–Kier alpha value is -1.21. The number of nitrogens with zero attached hydrogens (tertiary/aromatic N) is 2. The van der Waals surface area contributed by atoms with Gasteiger partial charge in [0.1, 0.15) is 0 Å². The summed E-state index contributed by atoms with van der Waals surface area (Å²) in [4.78, 5) is 19.1. The van der Waals surface area contributed by atoms with Gasteiger partial charge in [-0.2, -0.15) is 6.20 Å². The molecule has 0 aliphatic carbocycles. The Bertz CT molecular complexity index is 453. The molecule has 0 saturated heterocycles. The Morgan fingerprint density at radius 1 is 1.21 bits per heavy atom. The number of hydrogen-bond donors (Lipinski definition) is 0. The minimum Gasteiger partial charge on any atom is -0.662 e. The third-order valence-electron chi connectivity index (χ3n) is 1.66. The summed E-state index contributed by atoms with van der Waals surface area (Å²) in [6.07, 6.45) is 3.17. The van der Waals surface area contributed by atoms with Crippen molar-refractivity contribution in [1.82, 2.24) is 9.97 Å². The molecule has 4 heteroatoms. The average molecular weight is 366 g/mol. The van der Waals surface area contributed by atoms with Gasteiger partial charge < -0.3 is 4.98 Å². The van der Waals surface area contributed by atoms with Crippen LogP contribution in [-0.4, -0.2) is 4.98 Å². The van der Waals surface area contributed by atoms with Crippen LogP contribution in [0, 0.1) is 0 Å². The summed E-state index contributed by atoms with van der Waals surface area (Å²) in [5, 5.41) is 0. The average Bonchev–Trinajstić information content (AvgIpc) is 2.19. The molecule has 2 aromatic heterocycles.